The first-order valence-electron chi connectivity index (χ1n) is 4.51. The molecule has 1 aromatic rings. The molecule has 0 aliphatic rings. The van der Waals surface area contributed by atoms with Gasteiger partial charge in [0.15, 0.2) is 5.75 Å². The quantitative estimate of drug-likeness (QED) is 0.862. The Kier molecular flexibility index (Phi) is 4.12. The van der Waals surface area contributed by atoms with Crippen LogP contribution in [0.15, 0.2) is 6.07 Å². The molecule has 0 unspecified atom stereocenters. The van der Waals surface area contributed by atoms with Gasteiger partial charge < -0.3 is 14.6 Å². The lowest BCUT2D eigenvalue weighted by Gasteiger charge is -2.14. The average Bonchev–Trinajstić information content (AvgIpc) is 2.25. The Bertz CT molecular complexity index is 488. The first-order chi connectivity index (χ1) is 8.65. The highest BCUT2D eigenvalue weighted by molar-refractivity contribution is 5.89. The maximum atomic E-state index is 12.5. The van der Waals surface area contributed by atoms with Gasteiger partial charge in [-0.2, -0.15) is 0 Å². The minimum Gasteiger partial charge on any atom is -0.478 e. The van der Waals surface area contributed by atoms with Crippen LogP contribution in [0.1, 0.15) is 22.5 Å². The molecule has 106 valence electrons. The van der Waals surface area contributed by atoms with Gasteiger partial charge in [0.2, 0.25) is 0 Å². The van der Waals surface area contributed by atoms with E-state index in [1.165, 1.54) is 0 Å². The largest absolute Gasteiger partial charge is 0.573 e. The number of carboxylic acids is 1. The second kappa shape index (κ2) is 5.24. The molecule has 0 amide bonds. The standard InChI is InChI=1S/C9H6F5NO4/c1-18-7-4(19-9(12,13)14)2-3(8(16)17)5(15-7)6(10)11/h2,6H,1H3,(H,16,17). The number of aromatic nitrogens is 1. The van der Waals surface area contributed by atoms with Crippen molar-refractivity contribution in [2.24, 2.45) is 0 Å². The molecule has 1 aromatic heterocycles. The van der Waals surface area contributed by atoms with Crippen molar-refractivity contribution in [3.05, 3.63) is 17.3 Å². The van der Waals surface area contributed by atoms with E-state index in [1.54, 1.807) is 0 Å². The van der Waals surface area contributed by atoms with Crippen LogP contribution in [0, 0.1) is 0 Å². The third-order valence-electron chi connectivity index (χ3n) is 1.84. The summed E-state index contributed by atoms with van der Waals surface area (Å²) >= 11 is 0. The van der Waals surface area contributed by atoms with Gasteiger partial charge in [-0.1, -0.05) is 0 Å². The fraction of sp³-hybridized carbons (Fsp3) is 0.333. The summed E-state index contributed by atoms with van der Waals surface area (Å²) in [6.07, 6.45) is -8.43. The molecule has 0 radical (unpaired) electrons. The molecule has 0 aliphatic heterocycles. The first-order valence-corrected chi connectivity index (χ1v) is 4.51. The molecular formula is C9H6F5NO4. The summed E-state index contributed by atoms with van der Waals surface area (Å²) in [6, 6.07) is 0.281. The lowest BCUT2D eigenvalue weighted by Crippen LogP contribution is -2.19. The number of rotatable bonds is 4. The molecular weight excluding hydrogens is 281 g/mol. The highest BCUT2D eigenvalue weighted by Crippen LogP contribution is 2.34. The van der Waals surface area contributed by atoms with Crippen molar-refractivity contribution in [3.8, 4) is 11.6 Å². The fourth-order valence-electron chi connectivity index (χ4n) is 1.17. The molecule has 19 heavy (non-hydrogen) atoms. The normalized spacial score (nSPS) is 11.5. The van der Waals surface area contributed by atoms with Crippen LogP contribution in [-0.2, 0) is 0 Å². The summed E-state index contributed by atoms with van der Waals surface area (Å²) in [5, 5.41) is 8.65. The van der Waals surface area contributed by atoms with Gasteiger partial charge in [0, 0.05) is 6.07 Å². The summed E-state index contributed by atoms with van der Waals surface area (Å²) in [7, 11) is 0.876. The van der Waals surface area contributed by atoms with Crippen LogP contribution >= 0.6 is 0 Å². The lowest BCUT2D eigenvalue weighted by molar-refractivity contribution is -0.275. The number of methoxy groups -OCH3 is 1. The Morgan fingerprint density at radius 3 is 2.37 bits per heavy atom. The predicted octanol–water partition coefficient (Wildman–Crippen LogP) is 2.62. The van der Waals surface area contributed by atoms with Crippen molar-refractivity contribution in [2.45, 2.75) is 12.8 Å². The monoisotopic (exact) mass is 287 g/mol. The van der Waals surface area contributed by atoms with E-state index < -0.39 is 41.6 Å². The molecule has 0 saturated carbocycles. The number of halogens is 5. The Morgan fingerprint density at radius 1 is 1.42 bits per heavy atom. The van der Waals surface area contributed by atoms with Gasteiger partial charge in [-0.25, -0.2) is 18.6 Å². The van der Waals surface area contributed by atoms with Crippen molar-refractivity contribution >= 4 is 5.97 Å². The predicted molar refractivity (Wildman–Crippen MR) is 49.4 cm³/mol. The maximum Gasteiger partial charge on any atom is 0.573 e. The van der Waals surface area contributed by atoms with Crippen molar-refractivity contribution < 1.29 is 41.3 Å². The lowest BCUT2D eigenvalue weighted by atomic mass is 10.2. The number of aromatic carboxylic acids is 1. The van der Waals surface area contributed by atoms with Crippen molar-refractivity contribution in [1.82, 2.24) is 4.98 Å². The zero-order valence-corrected chi connectivity index (χ0v) is 9.16. The van der Waals surface area contributed by atoms with Crippen molar-refractivity contribution in [2.75, 3.05) is 7.11 Å². The van der Waals surface area contributed by atoms with Gasteiger partial charge in [-0.15, -0.1) is 13.2 Å². The van der Waals surface area contributed by atoms with E-state index >= 15 is 0 Å². The van der Waals surface area contributed by atoms with E-state index in [0.717, 1.165) is 7.11 Å². The van der Waals surface area contributed by atoms with E-state index in [-0.39, 0.29) is 6.07 Å². The number of carbonyl (C=O) groups is 1. The zero-order valence-electron chi connectivity index (χ0n) is 9.16. The molecule has 10 heteroatoms. The van der Waals surface area contributed by atoms with Gasteiger partial charge in [0.05, 0.1) is 12.7 Å². The highest BCUT2D eigenvalue weighted by atomic mass is 19.4. The van der Waals surface area contributed by atoms with Crippen LogP contribution in [-0.4, -0.2) is 29.5 Å². The van der Waals surface area contributed by atoms with Gasteiger partial charge in [0.25, 0.3) is 12.3 Å². The van der Waals surface area contributed by atoms with Crippen molar-refractivity contribution in [3.63, 3.8) is 0 Å². The van der Waals surface area contributed by atoms with Gasteiger partial charge in [-0.05, 0) is 0 Å². The number of hydrogen-bond donors (Lipinski definition) is 1. The van der Waals surface area contributed by atoms with Crippen LogP contribution < -0.4 is 9.47 Å². The SMILES string of the molecule is COc1nc(C(F)F)c(C(=O)O)cc1OC(F)(F)F. The van der Waals surface area contributed by atoms with Crippen molar-refractivity contribution in [1.29, 1.82) is 0 Å². The zero-order chi connectivity index (χ0) is 14.8. The van der Waals surface area contributed by atoms with Gasteiger partial charge >= 0.3 is 12.3 Å². The van der Waals surface area contributed by atoms with Crippen LogP contribution in [0.4, 0.5) is 22.0 Å². The van der Waals surface area contributed by atoms with Gasteiger partial charge in [0.1, 0.15) is 5.69 Å². The number of pyridine rings is 1. The molecule has 0 aromatic carbocycles. The van der Waals surface area contributed by atoms with Crippen LogP contribution in [0.25, 0.3) is 0 Å². The highest BCUT2D eigenvalue weighted by Gasteiger charge is 2.34. The molecule has 1 heterocycles. The molecule has 5 nitrogen and oxygen atoms in total. The minimum atomic E-state index is -5.14. The summed E-state index contributed by atoms with van der Waals surface area (Å²) in [6.45, 7) is 0. The first kappa shape index (κ1) is 14.9. The Labute approximate surface area is 102 Å². The number of ether oxygens (including phenoxy) is 2. The molecule has 0 aliphatic carbocycles. The second-order valence-corrected chi connectivity index (χ2v) is 3.08. The number of nitrogens with zero attached hydrogens (tertiary/aromatic N) is 1. The van der Waals surface area contributed by atoms with Crippen LogP contribution in [0.3, 0.4) is 0 Å². The second-order valence-electron chi connectivity index (χ2n) is 3.08. The summed E-state index contributed by atoms with van der Waals surface area (Å²) in [5.41, 5.74) is -2.31. The van der Waals surface area contributed by atoms with Gasteiger partial charge in [-0.3, -0.25) is 0 Å². The number of alkyl halides is 5. The van der Waals surface area contributed by atoms with E-state index in [9.17, 15) is 26.7 Å². The Hall–Kier alpha value is -2.13. The number of carboxylic acid groups (broad SMARTS) is 1. The molecule has 0 saturated heterocycles. The minimum absolute atomic E-state index is 0.281. The Balaban J connectivity index is 3.40. The molecule has 0 spiro atoms. The Morgan fingerprint density at radius 2 is 2.00 bits per heavy atom. The summed E-state index contributed by atoms with van der Waals surface area (Å²) in [5.74, 6) is -3.87. The average molecular weight is 287 g/mol. The van der Waals surface area contributed by atoms with E-state index in [4.69, 9.17) is 5.11 Å². The molecule has 0 bridgehead atoms. The van der Waals surface area contributed by atoms with Crippen LogP contribution in [0.2, 0.25) is 0 Å². The third-order valence-corrected chi connectivity index (χ3v) is 1.84. The molecule has 1 N–H and O–H groups in total. The maximum absolute atomic E-state index is 12.5. The molecule has 1 rings (SSSR count). The van der Waals surface area contributed by atoms with Crippen LogP contribution in [0.5, 0.6) is 11.6 Å². The fourth-order valence-corrected chi connectivity index (χ4v) is 1.17. The third kappa shape index (κ3) is 3.66. The smallest absolute Gasteiger partial charge is 0.478 e. The van der Waals surface area contributed by atoms with E-state index in [0.29, 0.717) is 0 Å². The van der Waals surface area contributed by atoms with E-state index in [1.807, 2.05) is 0 Å². The molecule has 0 fully saturated rings. The molecule has 0 atom stereocenters. The summed E-state index contributed by atoms with van der Waals surface area (Å²) < 4.78 is 69.0. The topological polar surface area (TPSA) is 68.7 Å². The van der Waals surface area contributed by atoms with E-state index in [2.05, 4.69) is 14.5 Å². The summed E-state index contributed by atoms with van der Waals surface area (Å²) in [4.78, 5) is 13.7. The number of hydrogen-bond acceptors (Lipinski definition) is 4.